The standard InChI is InChI=1S/C11H15N3O3S/c1-7-2-3-8(18(13,16)17)6-9(7)14-10(15)11(12)4-5-11/h2-3,6H,4-5,12H2,1H3,(H,14,15)(H2,13,16,17). The van der Waals surface area contributed by atoms with Crippen molar-refractivity contribution in [1.29, 1.82) is 0 Å². The molecule has 2 rings (SSSR count). The van der Waals surface area contributed by atoms with Crippen molar-refractivity contribution >= 4 is 21.6 Å². The first kappa shape index (κ1) is 13.0. The molecule has 0 aliphatic heterocycles. The lowest BCUT2D eigenvalue weighted by molar-refractivity contribution is -0.118. The lowest BCUT2D eigenvalue weighted by atomic mass is 10.2. The Hall–Kier alpha value is -1.44. The molecule has 1 fully saturated rings. The van der Waals surface area contributed by atoms with E-state index in [-0.39, 0.29) is 10.8 Å². The number of anilines is 1. The minimum absolute atomic E-state index is 0.0368. The van der Waals surface area contributed by atoms with Crippen LogP contribution in [0.4, 0.5) is 5.69 Å². The largest absolute Gasteiger partial charge is 0.324 e. The molecule has 98 valence electrons. The second kappa shape index (κ2) is 4.04. The van der Waals surface area contributed by atoms with Crippen molar-refractivity contribution < 1.29 is 13.2 Å². The van der Waals surface area contributed by atoms with Gasteiger partial charge in [-0.05, 0) is 37.5 Å². The van der Waals surface area contributed by atoms with Crippen LogP contribution in [0, 0.1) is 6.92 Å². The number of hydrogen-bond donors (Lipinski definition) is 3. The molecule has 0 saturated heterocycles. The Morgan fingerprint density at radius 3 is 2.50 bits per heavy atom. The zero-order valence-corrected chi connectivity index (χ0v) is 10.8. The Morgan fingerprint density at radius 2 is 2.00 bits per heavy atom. The van der Waals surface area contributed by atoms with Crippen LogP contribution in [0.1, 0.15) is 18.4 Å². The molecule has 0 radical (unpaired) electrons. The number of hydrogen-bond acceptors (Lipinski definition) is 4. The highest BCUT2D eigenvalue weighted by molar-refractivity contribution is 7.89. The van der Waals surface area contributed by atoms with Crippen molar-refractivity contribution in [1.82, 2.24) is 0 Å². The van der Waals surface area contributed by atoms with E-state index in [1.807, 2.05) is 0 Å². The van der Waals surface area contributed by atoms with Gasteiger partial charge in [0, 0.05) is 5.69 Å². The van der Waals surface area contributed by atoms with E-state index in [0.717, 1.165) is 5.56 Å². The molecule has 0 spiro atoms. The summed E-state index contributed by atoms with van der Waals surface area (Å²) in [5, 5.41) is 7.68. The van der Waals surface area contributed by atoms with E-state index in [9.17, 15) is 13.2 Å². The minimum Gasteiger partial charge on any atom is -0.324 e. The average molecular weight is 269 g/mol. The zero-order chi connectivity index (χ0) is 13.6. The molecule has 1 aliphatic carbocycles. The second-order valence-electron chi connectivity index (χ2n) is 4.63. The molecule has 18 heavy (non-hydrogen) atoms. The Bertz CT molecular complexity index is 606. The van der Waals surface area contributed by atoms with E-state index < -0.39 is 15.6 Å². The van der Waals surface area contributed by atoms with Gasteiger partial charge in [0.05, 0.1) is 10.4 Å². The minimum atomic E-state index is -3.78. The van der Waals surface area contributed by atoms with Gasteiger partial charge in [-0.1, -0.05) is 6.07 Å². The maximum atomic E-state index is 11.8. The summed E-state index contributed by atoms with van der Waals surface area (Å²) in [5.41, 5.74) is 6.12. The molecule has 0 aromatic heterocycles. The zero-order valence-electron chi connectivity index (χ0n) is 9.93. The smallest absolute Gasteiger partial charge is 0.244 e. The molecule has 0 bridgehead atoms. The van der Waals surface area contributed by atoms with Crippen LogP contribution >= 0.6 is 0 Å². The molecule has 1 saturated carbocycles. The number of benzene rings is 1. The van der Waals surface area contributed by atoms with Gasteiger partial charge in [-0.15, -0.1) is 0 Å². The van der Waals surface area contributed by atoms with Gasteiger partial charge in [0.1, 0.15) is 0 Å². The maximum Gasteiger partial charge on any atom is 0.244 e. The van der Waals surface area contributed by atoms with Gasteiger partial charge < -0.3 is 11.1 Å². The predicted octanol–water partition coefficient (Wildman–Crippen LogP) is 0.0722. The number of carbonyl (C=O) groups excluding carboxylic acids is 1. The third-order valence-corrected chi connectivity index (χ3v) is 3.94. The second-order valence-corrected chi connectivity index (χ2v) is 6.19. The Morgan fingerprint density at radius 1 is 1.39 bits per heavy atom. The van der Waals surface area contributed by atoms with Gasteiger partial charge in [0.15, 0.2) is 0 Å². The molecule has 0 atom stereocenters. The number of carbonyl (C=O) groups is 1. The van der Waals surface area contributed by atoms with Crippen LogP contribution in [-0.2, 0) is 14.8 Å². The Labute approximate surface area is 105 Å². The SMILES string of the molecule is Cc1ccc(S(N)(=O)=O)cc1NC(=O)C1(N)CC1. The number of aryl methyl sites for hydroxylation is 1. The van der Waals surface area contributed by atoms with Crippen LogP contribution in [-0.4, -0.2) is 19.9 Å². The highest BCUT2D eigenvalue weighted by atomic mass is 32.2. The van der Waals surface area contributed by atoms with Crippen molar-refractivity contribution in [3.63, 3.8) is 0 Å². The van der Waals surface area contributed by atoms with Crippen molar-refractivity contribution in [2.45, 2.75) is 30.2 Å². The van der Waals surface area contributed by atoms with E-state index in [1.165, 1.54) is 12.1 Å². The molecule has 1 aliphatic rings. The maximum absolute atomic E-state index is 11.8. The molecule has 1 aromatic carbocycles. The van der Waals surface area contributed by atoms with Crippen LogP contribution in [0.25, 0.3) is 0 Å². The summed E-state index contributed by atoms with van der Waals surface area (Å²) < 4.78 is 22.5. The molecule has 0 heterocycles. The summed E-state index contributed by atoms with van der Waals surface area (Å²) in [5.74, 6) is -0.294. The van der Waals surface area contributed by atoms with E-state index in [4.69, 9.17) is 10.9 Å². The van der Waals surface area contributed by atoms with E-state index in [1.54, 1.807) is 13.0 Å². The van der Waals surface area contributed by atoms with Crippen molar-refractivity contribution in [3.8, 4) is 0 Å². The van der Waals surface area contributed by atoms with Crippen molar-refractivity contribution in [2.75, 3.05) is 5.32 Å². The molecule has 1 aromatic rings. The molecule has 5 N–H and O–H groups in total. The fraction of sp³-hybridized carbons (Fsp3) is 0.364. The Balaban J connectivity index is 2.30. The molecular formula is C11H15N3O3S. The summed E-state index contributed by atoms with van der Waals surface area (Å²) in [6.07, 6.45) is 1.29. The fourth-order valence-corrected chi connectivity index (χ4v) is 2.06. The summed E-state index contributed by atoms with van der Waals surface area (Å²) in [4.78, 5) is 11.8. The van der Waals surface area contributed by atoms with Crippen LogP contribution in [0.15, 0.2) is 23.1 Å². The van der Waals surface area contributed by atoms with Gasteiger partial charge >= 0.3 is 0 Å². The van der Waals surface area contributed by atoms with Gasteiger partial charge in [0.2, 0.25) is 15.9 Å². The lowest BCUT2D eigenvalue weighted by Crippen LogP contribution is -2.38. The highest BCUT2D eigenvalue weighted by Gasteiger charge is 2.46. The summed E-state index contributed by atoms with van der Waals surface area (Å²) in [7, 11) is -3.78. The van der Waals surface area contributed by atoms with Gasteiger partial charge in [-0.2, -0.15) is 0 Å². The summed E-state index contributed by atoms with van der Waals surface area (Å²) in [6.45, 7) is 1.76. The van der Waals surface area contributed by atoms with Crippen LogP contribution < -0.4 is 16.2 Å². The predicted molar refractivity (Wildman–Crippen MR) is 67.3 cm³/mol. The first-order valence-corrected chi connectivity index (χ1v) is 7.01. The van der Waals surface area contributed by atoms with Crippen LogP contribution in [0.5, 0.6) is 0 Å². The van der Waals surface area contributed by atoms with Gasteiger partial charge in [-0.25, -0.2) is 13.6 Å². The number of nitrogens with one attached hydrogen (secondary N) is 1. The van der Waals surface area contributed by atoms with E-state index in [2.05, 4.69) is 5.32 Å². The first-order chi connectivity index (χ1) is 8.22. The third-order valence-electron chi connectivity index (χ3n) is 3.03. The van der Waals surface area contributed by atoms with E-state index in [0.29, 0.717) is 18.5 Å². The molecular weight excluding hydrogens is 254 g/mol. The molecule has 1 amide bonds. The van der Waals surface area contributed by atoms with Crippen molar-refractivity contribution in [2.24, 2.45) is 10.9 Å². The summed E-state index contributed by atoms with van der Waals surface area (Å²) in [6, 6.07) is 4.33. The quantitative estimate of drug-likeness (QED) is 0.720. The fourth-order valence-electron chi connectivity index (χ4n) is 1.52. The highest BCUT2D eigenvalue weighted by Crippen LogP contribution is 2.33. The van der Waals surface area contributed by atoms with E-state index >= 15 is 0 Å². The van der Waals surface area contributed by atoms with Crippen molar-refractivity contribution in [3.05, 3.63) is 23.8 Å². The number of rotatable bonds is 3. The van der Waals surface area contributed by atoms with Gasteiger partial charge in [-0.3, -0.25) is 4.79 Å². The Kier molecular flexibility index (Phi) is 2.92. The van der Waals surface area contributed by atoms with Gasteiger partial charge in [0.25, 0.3) is 0 Å². The molecule has 6 nitrogen and oxygen atoms in total. The number of sulfonamides is 1. The van der Waals surface area contributed by atoms with Crippen LogP contribution in [0.2, 0.25) is 0 Å². The monoisotopic (exact) mass is 269 g/mol. The summed E-state index contributed by atoms with van der Waals surface area (Å²) >= 11 is 0. The number of primary sulfonamides is 1. The molecule has 0 unspecified atom stereocenters. The van der Waals surface area contributed by atoms with Crippen LogP contribution in [0.3, 0.4) is 0 Å². The first-order valence-electron chi connectivity index (χ1n) is 5.46. The molecule has 7 heteroatoms. The lowest BCUT2D eigenvalue weighted by Gasteiger charge is -2.13. The topological polar surface area (TPSA) is 115 Å². The average Bonchev–Trinajstić information content (AvgIpc) is 2.99. The number of nitrogens with two attached hydrogens (primary N) is 2. The normalized spacial score (nSPS) is 17.3. The third kappa shape index (κ3) is 2.53. The number of amides is 1.